The van der Waals surface area contributed by atoms with E-state index in [2.05, 4.69) is 19.2 Å². The summed E-state index contributed by atoms with van der Waals surface area (Å²) in [4.78, 5) is 22.5. The highest BCUT2D eigenvalue weighted by atomic mass is 19.1. The highest BCUT2D eigenvalue weighted by Gasteiger charge is 2.45. The fraction of sp³-hybridized carbons (Fsp3) is 0.429. The minimum atomic E-state index is -1.22. The van der Waals surface area contributed by atoms with Gasteiger partial charge in [-0.2, -0.15) is 0 Å². The molecule has 2 N–H and O–H groups in total. The minimum Gasteiger partial charge on any atom is -0.478 e. The Kier molecular flexibility index (Phi) is 3.30. The molecular formula is C14H16FNO3. The highest BCUT2D eigenvalue weighted by molar-refractivity contribution is 5.96. The molecule has 0 saturated heterocycles. The molecule has 1 aromatic carbocycles. The number of carboxylic acid groups (broad SMARTS) is 1. The number of nitrogens with one attached hydrogen (secondary N) is 1. The molecule has 5 heteroatoms. The minimum absolute atomic E-state index is 0.122. The summed E-state index contributed by atoms with van der Waals surface area (Å²) in [6.45, 7) is 4.75. The first-order valence-electron chi connectivity index (χ1n) is 6.12. The first-order chi connectivity index (χ1) is 8.81. The van der Waals surface area contributed by atoms with Gasteiger partial charge >= 0.3 is 5.97 Å². The Morgan fingerprint density at radius 2 is 2.11 bits per heavy atom. The molecule has 0 aliphatic heterocycles. The summed E-state index contributed by atoms with van der Waals surface area (Å²) in [5.41, 5.74) is -0.0419. The molecule has 0 heterocycles. The molecule has 1 aromatic rings. The third-order valence-electron chi connectivity index (χ3n) is 3.69. The van der Waals surface area contributed by atoms with Crippen LogP contribution in [-0.2, 0) is 0 Å². The third kappa shape index (κ3) is 2.92. The molecule has 1 aliphatic carbocycles. The lowest BCUT2D eigenvalue weighted by atomic mass is 10.1. The number of amides is 1. The summed E-state index contributed by atoms with van der Waals surface area (Å²) < 4.78 is 13.6. The van der Waals surface area contributed by atoms with Crippen LogP contribution in [-0.4, -0.2) is 23.5 Å². The van der Waals surface area contributed by atoms with Crippen molar-refractivity contribution in [3.8, 4) is 0 Å². The Bertz CT molecular complexity index is 539. The Labute approximate surface area is 110 Å². The normalized spacial score (nSPS) is 19.8. The molecule has 0 aromatic heterocycles. The van der Waals surface area contributed by atoms with Crippen LogP contribution in [0.15, 0.2) is 18.2 Å². The van der Waals surface area contributed by atoms with Crippen molar-refractivity contribution < 1.29 is 19.1 Å². The van der Waals surface area contributed by atoms with Gasteiger partial charge in [-0.25, -0.2) is 9.18 Å². The van der Waals surface area contributed by atoms with Crippen molar-refractivity contribution >= 4 is 11.9 Å². The van der Waals surface area contributed by atoms with E-state index in [1.165, 1.54) is 12.1 Å². The number of rotatable bonds is 4. The topological polar surface area (TPSA) is 66.4 Å². The second-order valence-electron chi connectivity index (χ2n) is 5.60. The maximum atomic E-state index is 13.6. The van der Waals surface area contributed by atoms with Gasteiger partial charge in [-0.3, -0.25) is 4.79 Å². The van der Waals surface area contributed by atoms with Gasteiger partial charge in [-0.15, -0.1) is 0 Å². The molecule has 1 aliphatic rings. The predicted molar refractivity (Wildman–Crippen MR) is 67.6 cm³/mol. The molecule has 1 atom stereocenters. The summed E-state index contributed by atoms with van der Waals surface area (Å²) in [6.07, 6.45) is 1.05. The molecule has 1 fully saturated rings. The van der Waals surface area contributed by atoms with Crippen molar-refractivity contribution in [3.05, 3.63) is 35.1 Å². The molecule has 19 heavy (non-hydrogen) atoms. The van der Waals surface area contributed by atoms with Crippen LogP contribution in [0.5, 0.6) is 0 Å². The SMILES string of the molecule is CC1(C)CC1CNC(=O)c1ccc(C(=O)O)cc1F. The zero-order chi connectivity index (χ0) is 14.2. The predicted octanol–water partition coefficient (Wildman–Crippen LogP) is 2.30. The number of halogens is 1. The lowest BCUT2D eigenvalue weighted by Gasteiger charge is -2.07. The smallest absolute Gasteiger partial charge is 0.335 e. The second-order valence-corrected chi connectivity index (χ2v) is 5.60. The number of hydrogen-bond donors (Lipinski definition) is 2. The van der Waals surface area contributed by atoms with E-state index in [1.807, 2.05) is 0 Å². The monoisotopic (exact) mass is 265 g/mol. The maximum absolute atomic E-state index is 13.6. The summed E-state index contributed by atoms with van der Waals surface area (Å²) in [6, 6.07) is 3.28. The highest BCUT2D eigenvalue weighted by Crippen LogP contribution is 2.50. The molecule has 1 unspecified atom stereocenters. The Morgan fingerprint density at radius 3 is 2.58 bits per heavy atom. The van der Waals surface area contributed by atoms with Gasteiger partial charge in [0.2, 0.25) is 0 Å². The summed E-state index contributed by atoms with van der Waals surface area (Å²) in [5.74, 6) is -2.10. The molecule has 1 amide bonds. The number of hydrogen-bond acceptors (Lipinski definition) is 2. The lowest BCUT2D eigenvalue weighted by Crippen LogP contribution is -2.27. The van der Waals surface area contributed by atoms with Gasteiger partial charge in [0, 0.05) is 6.54 Å². The van der Waals surface area contributed by atoms with Crippen LogP contribution in [0.3, 0.4) is 0 Å². The molecule has 102 valence electrons. The number of aromatic carboxylic acids is 1. The largest absolute Gasteiger partial charge is 0.478 e. The summed E-state index contributed by atoms with van der Waals surface area (Å²) in [7, 11) is 0. The van der Waals surface area contributed by atoms with Crippen LogP contribution in [0.1, 0.15) is 41.0 Å². The van der Waals surface area contributed by atoms with E-state index in [9.17, 15) is 14.0 Å². The van der Waals surface area contributed by atoms with Gasteiger partial charge in [0.1, 0.15) is 5.82 Å². The van der Waals surface area contributed by atoms with E-state index in [0.29, 0.717) is 12.5 Å². The van der Waals surface area contributed by atoms with Crippen LogP contribution in [0, 0.1) is 17.2 Å². The van der Waals surface area contributed by atoms with Crippen molar-refractivity contribution in [3.63, 3.8) is 0 Å². The second kappa shape index (κ2) is 4.64. The number of carbonyl (C=O) groups is 2. The lowest BCUT2D eigenvalue weighted by molar-refractivity contribution is 0.0695. The Morgan fingerprint density at radius 1 is 1.47 bits per heavy atom. The molecule has 0 spiro atoms. The van der Waals surface area contributed by atoms with Gasteiger partial charge in [0.15, 0.2) is 0 Å². The van der Waals surface area contributed by atoms with Crippen molar-refractivity contribution in [2.24, 2.45) is 11.3 Å². The fourth-order valence-electron chi connectivity index (χ4n) is 2.07. The van der Waals surface area contributed by atoms with Crippen molar-refractivity contribution in [2.75, 3.05) is 6.54 Å². The van der Waals surface area contributed by atoms with E-state index in [1.54, 1.807) is 0 Å². The van der Waals surface area contributed by atoms with Gasteiger partial charge in [-0.05, 0) is 36.0 Å². The van der Waals surface area contributed by atoms with E-state index >= 15 is 0 Å². The number of benzene rings is 1. The van der Waals surface area contributed by atoms with Crippen LogP contribution in [0.4, 0.5) is 4.39 Å². The van der Waals surface area contributed by atoms with Gasteiger partial charge in [0.05, 0.1) is 11.1 Å². The maximum Gasteiger partial charge on any atom is 0.335 e. The van der Waals surface area contributed by atoms with Gasteiger partial charge < -0.3 is 10.4 Å². The van der Waals surface area contributed by atoms with Crippen LogP contribution in [0.2, 0.25) is 0 Å². The Hall–Kier alpha value is -1.91. The molecule has 0 bridgehead atoms. The van der Waals surface area contributed by atoms with E-state index in [-0.39, 0.29) is 16.5 Å². The molecular weight excluding hydrogens is 249 g/mol. The average Bonchev–Trinajstić information content (AvgIpc) is 2.93. The van der Waals surface area contributed by atoms with Crippen LogP contribution in [0.25, 0.3) is 0 Å². The quantitative estimate of drug-likeness (QED) is 0.877. The van der Waals surface area contributed by atoms with Crippen molar-refractivity contribution in [1.29, 1.82) is 0 Å². The van der Waals surface area contributed by atoms with Gasteiger partial charge in [-0.1, -0.05) is 13.8 Å². The molecule has 2 rings (SSSR count). The number of carbonyl (C=O) groups excluding carboxylic acids is 1. The fourth-order valence-corrected chi connectivity index (χ4v) is 2.07. The van der Waals surface area contributed by atoms with E-state index in [4.69, 9.17) is 5.11 Å². The van der Waals surface area contributed by atoms with Crippen LogP contribution >= 0.6 is 0 Å². The van der Waals surface area contributed by atoms with Crippen molar-refractivity contribution in [2.45, 2.75) is 20.3 Å². The standard InChI is InChI=1S/C14H16FNO3/c1-14(2)6-9(14)7-16-12(17)10-4-3-8(13(18)19)5-11(10)15/h3-5,9H,6-7H2,1-2H3,(H,16,17)(H,18,19). The van der Waals surface area contributed by atoms with Crippen LogP contribution < -0.4 is 5.32 Å². The zero-order valence-corrected chi connectivity index (χ0v) is 10.9. The first-order valence-corrected chi connectivity index (χ1v) is 6.12. The molecule has 0 radical (unpaired) electrons. The number of carboxylic acids is 1. The molecule has 1 saturated carbocycles. The molecule has 4 nitrogen and oxygen atoms in total. The van der Waals surface area contributed by atoms with Gasteiger partial charge in [0.25, 0.3) is 5.91 Å². The first kappa shape index (κ1) is 13.5. The van der Waals surface area contributed by atoms with Crippen molar-refractivity contribution in [1.82, 2.24) is 5.32 Å². The Balaban J connectivity index is 2.01. The zero-order valence-electron chi connectivity index (χ0n) is 10.9. The summed E-state index contributed by atoms with van der Waals surface area (Å²) in [5, 5.41) is 11.4. The average molecular weight is 265 g/mol. The summed E-state index contributed by atoms with van der Waals surface area (Å²) >= 11 is 0. The third-order valence-corrected chi connectivity index (χ3v) is 3.69. The van der Waals surface area contributed by atoms with E-state index in [0.717, 1.165) is 12.5 Å². The van der Waals surface area contributed by atoms with E-state index < -0.39 is 17.7 Å².